The molecule has 1 aliphatic rings. The summed E-state index contributed by atoms with van der Waals surface area (Å²) in [7, 11) is -4.01. The maximum atomic E-state index is 13.5. The molecule has 1 N–H and O–H groups in total. The van der Waals surface area contributed by atoms with Crippen LogP contribution in [0.4, 0.5) is 8.78 Å². The van der Waals surface area contributed by atoms with Crippen molar-refractivity contribution in [3.63, 3.8) is 0 Å². The largest absolute Gasteiger partial charge is 0.243 e. The number of hydrogen-bond donors (Lipinski definition) is 1. The summed E-state index contributed by atoms with van der Waals surface area (Å²) in [6.07, 6.45) is 3.70. The van der Waals surface area contributed by atoms with E-state index in [-0.39, 0.29) is 12.0 Å². The van der Waals surface area contributed by atoms with Gasteiger partial charge in [-0.05, 0) is 37.0 Å². The Morgan fingerprint density at radius 3 is 2.58 bits per heavy atom. The van der Waals surface area contributed by atoms with Crippen molar-refractivity contribution in [2.24, 2.45) is 5.92 Å². The van der Waals surface area contributed by atoms with Gasteiger partial charge in [-0.15, -0.1) is 0 Å². The lowest BCUT2D eigenvalue weighted by Crippen LogP contribution is -2.41. The maximum absolute atomic E-state index is 13.5. The van der Waals surface area contributed by atoms with Crippen LogP contribution in [0.25, 0.3) is 0 Å². The second-order valence-corrected chi connectivity index (χ2v) is 6.75. The second kappa shape index (κ2) is 5.54. The lowest BCUT2D eigenvalue weighted by Gasteiger charge is -2.29. The Balaban J connectivity index is 2.24. The number of nitrogens with one attached hydrogen (secondary N) is 1. The smallest absolute Gasteiger partial charge is 0.208 e. The summed E-state index contributed by atoms with van der Waals surface area (Å²) >= 11 is 0. The highest BCUT2D eigenvalue weighted by Gasteiger charge is 2.28. The molecule has 0 radical (unpaired) electrons. The molecule has 0 bridgehead atoms. The van der Waals surface area contributed by atoms with Gasteiger partial charge >= 0.3 is 0 Å². The van der Waals surface area contributed by atoms with Crippen molar-refractivity contribution in [2.45, 2.75) is 43.5 Å². The number of halogens is 2. The van der Waals surface area contributed by atoms with Gasteiger partial charge in [0.2, 0.25) is 10.0 Å². The average molecular weight is 289 g/mol. The zero-order chi connectivity index (χ0) is 14.0. The molecule has 1 aromatic carbocycles. The fourth-order valence-corrected chi connectivity index (χ4v) is 3.91. The zero-order valence-corrected chi connectivity index (χ0v) is 11.5. The predicted molar refractivity (Wildman–Crippen MR) is 68.1 cm³/mol. The molecule has 6 heteroatoms. The summed E-state index contributed by atoms with van der Waals surface area (Å²) in [5, 5.41) is 0. The number of rotatable bonds is 3. The van der Waals surface area contributed by atoms with E-state index in [4.69, 9.17) is 0 Å². The van der Waals surface area contributed by atoms with E-state index in [2.05, 4.69) is 4.72 Å². The van der Waals surface area contributed by atoms with Crippen LogP contribution >= 0.6 is 0 Å². The highest BCUT2D eigenvalue weighted by atomic mass is 32.2. The Bertz CT molecular complexity index is 560. The summed E-state index contributed by atoms with van der Waals surface area (Å²) in [5.74, 6) is -1.49. The van der Waals surface area contributed by atoms with Gasteiger partial charge in [0.1, 0.15) is 16.5 Å². The van der Waals surface area contributed by atoms with Crippen molar-refractivity contribution in [3.8, 4) is 0 Å². The normalized spacial score (nSPS) is 24.4. The monoisotopic (exact) mass is 289 g/mol. The molecule has 1 aromatic rings. The van der Waals surface area contributed by atoms with Crippen LogP contribution in [0.3, 0.4) is 0 Å². The fourth-order valence-electron chi connectivity index (χ4n) is 2.44. The minimum Gasteiger partial charge on any atom is -0.208 e. The van der Waals surface area contributed by atoms with Gasteiger partial charge in [0, 0.05) is 6.04 Å². The molecule has 1 fully saturated rings. The van der Waals surface area contributed by atoms with E-state index in [9.17, 15) is 17.2 Å². The molecule has 0 saturated heterocycles. The third-order valence-electron chi connectivity index (χ3n) is 3.60. The molecule has 0 spiro atoms. The van der Waals surface area contributed by atoms with Gasteiger partial charge in [0.05, 0.1) is 0 Å². The van der Waals surface area contributed by atoms with Crippen molar-refractivity contribution in [1.29, 1.82) is 0 Å². The molecule has 1 aliphatic carbocycles. The number of hydrogen-bond acceptors (Lipinski definition) is 2. The quantitative estimate of drug-likeness (QED) is 0.930. The molecule has 2 rings (SSSR count). The van der Waals surface area contributed by atoms with Gasteiger partial charge in [0.25, 0.3) is 0 Å². The third-order valence-corrected chi connectivity index (χ3v) is 5.11. The molecule has 19 heavy (non-hydrogen) atoms. The highest BCUT2D eigenvalue weighted by Crippen LogP contribution is 2.26. The van der Waals surface area contributed by atoms with E-state index < -0.39 is 26.6 Å². The van der Waals surface area contributed by atoms with Crippen molar-refractivity contribution in [1.82, 2.24) is 4.72 Å². The molecular weight excluding hydrogens is 272 g/mol. The molecular formula is C13H17F2NO2S. The minimum atomic E-state index is -4.01. The van der Waals surface area contributed by atoms with Crippen LogP contribution in [0.5, 0.6) is 0 Å². The summed E-state index contributed by atoms with van der Waals surface area (Å²) in [6.45, 7) is 1.97. The lowest BCUT2D eigenvalue weighted by molar-refractivity contribution is 0.310. The van der Waals surface area contributed by atoms with Crippen LogP contribution in [0.2, 0.25) is 0 Å². The van der Waals surface area contributed by atoms with Crippen molar-refractivity contribution >= 4 is 10.0 Å². The van der Waals surface area contributed by atoms with Crippen LogP contribution in [0.1, 0.15) is 32.6 Å². The Hall–Kier alpha value is -1.01. The molecule has 0 aromatic heterocycles. The van der Waals surface area contributed by atoms with Crippen LogP contribution in [-0.2, 0) is 10.0 Å². The van der Waals surface area contributed by atoms with E-state index in [0.29, 0.717) is 6.07 Å². The summed E-state index contributed by atoms with van der Waals surface area (Å²) < 4.78 is 53.3. The van der Waals surface area contributed by atoms with Gasteiger partial charge in [-0.3, -0.25) is 0 Å². The molecule has 3 nitrogen and oxygen atoms in total. The van der Waals surface area contributed by atoms with Crippen molar-refractivity contribution < 1.29 is 17.2 Å². The van der Waals surface area contributed by atoms with Gasteiger partial charge in [-0.1, -0.05) is 19.8 Å². The van der Waals surface area contributed by atoms with Crippen molar-refractivity contribution in [3.05, 3.63) is 29.8 Å². The van der Waals surface area contributed by atoms with Gasteiger partial charge in [0.15, 0.2) is 0 Å². The maximum Gasteiger partial charge on any atom is 0.243 e. The van der Waals surface area contributed by atoms with Crippen LogP contribution < -0.4 is 4.72 Å². The van der Waals surface area contributed by atoms with E-state index in [1.807, 2.05) is 6.92 Å². The minimum absolute atomic E-state index is 0.207. The number of sulfonamides is 1. The molecule has 0 aliphatic heterocycles. The van der Waals surface area contributed by atoms with Crippen LogP contribution in [0.15, 0.2) is 23.1 Å². The predicted octanol–water partition coefficient (Wildman–Crippen LogP) is 2.82. The number of benzene rings is 1. The summed E-state index contributed by atoms with van der Waals surface area (Å²) in [6, 6.07) is 2.23. The molecule has 0 unspecified atom stereocenters. The van der Waals surface area contributed by atoms with Gasteiger partial charge in [-0.25, -0.2) is 21.9 Å². The lowest BCUT2D eigenvalue weighted by atomic mass is 9.87. The highest BCUT2D eigenvalue weighted by molar-refractivity contribution is 7.89. The standard InChI is InChI=1S/C13H17F2NO2S/c1-9-4-2-3-5-12(9)16-19(17,18)13-8-10(14)6-7-11(13)15/h6-9,12,16H,2-5H2,1H3/t9-,12+/m0/s1. The molecule has 0 amide bonds. The summed E-state index contributed by atoms with van der Waals surface area (Å²) in [5.41, 5.74) is 0. The first-order chi connectivity index (χ1) is 8.90. The summed E-state index contributed by atoms with van der Waals surface area (Å²) in [4.78, 5) is -0.620. The fraction of sp³-hybridized carbons (Fsp3) is 0.538. The topological polar surface area (TPSA) is 46.2 Å². The van der Waals surface area contributed by atoms with Gasteiger partial charge in [-0.2, -0.15) is 0 Å². The first-order valence-electron chi connectivity index (χ1n) is 6.37. The molecule has 2 atom stereocenters. The van der Waals surface area contributed by atoms with Crippen LogP contribution in [-0.4, -0.2) is 14.5 Å². The first kappa shape index (κ1) is 14.4. The Morgan fingerprint density at radius 1 is 1.21 bits per heavy atom. The van der Waals surface area contributed by atoms with E-state index in [1.165, 1.54) is 0 Å². The molecule has 0 heterocycles. The Kier molecular flexibility index (Phi) is 4.20. The third kappa shape index (κ3) is 3.30. The molecule has 1 saturated carbocycles. The second-order valence-electron chi connectivity index (χ2n) is 5.06. The van der Waals surface area contributed by atoms with E-state index in [0.717, 1.165) is 37.8 Å². The SMILES string of the molecule is C[C@H]1CCCC[C@H]1NS(=O)(=O)c1cc(F)ccc1F. The molecule has 106 valence electrons. The van der Waals surface area contributed by atoms with Crippen LogP contribution in [0, 0.1) is 17.6 Å². The average Bonchev–Trinajstić information content (AvgIpc) is 2.35. The Labute approximate surface area is 112 Å². The van der Waals surface area contributed by atoms with E-state index in [1.54, 1.807) is 0 Å². The Morgan fingerprint density at radius 2 is 1.89 bits per heavy atom. The van der Waals surface area contributed by atoms with E-state index >= 15 is 0 Å². The zero-order valence-electron chi connectivity index (χ0n) is 10.7. The first-order valence-corrected chi connectivity index (χ1v) is 7.86. The van der Waals surface area contributed by atoms with Crippen molar-refractivity contribution in [2.75, 3.05) is 0 Å². The van der Waals surface area contributed by atoms with Gasteiger partial charge < -0.3 is 0 Å².